The third-order valence-corrected chi connectivity index (χ3v) is 12.4. The molecule has 2 N–H and O–H groups in total. The molecule has 0 aliphatic heterocycles. The van der Waals surface area contributed by atoms with E-state index in [-0.39, 0.29) is 11.6 Å². The first kappa shape index (κ1) is 29.4. The number of carbonyl (C=O) groups excluding carboxylic acids is 1. The zero-order valence-electron chi connectivity index (χ0n) is 23.6. The molecule has 0 saturated heterocycles. The lowest BCUT2D eigenvalue weighted by atomic mass is 9.84. The SMILES string of the molecule is CC(C)(C)OC(=O)N[C@H](CC1CCCCC1)[C@@H](O)CO[Si](c1ccccc1)(c1ccccc1)C(C)(C)C. The van der Waals surface area contributed by atoms with Crippen LogP contribution in [0.4, 0.5) is 4.79 Å². The van der Waals surface area contributed by atoms with Crippen molar-refractivity contribution in [3.63, 3.8) is 0 Å². The van der Waals surface area contributed by atoms with Gasteiger partial charge >= 0.3 is 6.09 Å². The molecule has 0 heterocycles. The van der Waals surface area contributed by atoms with Gasteiger partial charge in [0.15, 0.2) is 0 Å². The Hall–Kier alpha value is -2.15. The van der Waals surface area contributed by atoms with Gasteiger partial charge in [0.1, 0.15) is 5.60 Å². The number of amides is 1. The van der Waals surface area contributed by atoms with Crippen molar-refractivity contribution in [2.24, 2.45) is 5.92 Å². The lowest BCUT2D eigenvalue weighted by molar-refractivity contribution is 0.0288. The van der Waals surface area contributed by atoms with Gasteiger partial charge in [0.2, 0.25) is 0 Å². The number of aliphatic hydroxyl groups is 1. The zero-order chi connectivity index (χ0) is 27.1. The van der Waals surface area contributed by atoms with Crippen molar-refractivity contribution >= 4 is 24.8 Å². The van der Waals surface area contributed by atoms with Gasteiger partial charge in [-0.2, -0.15) is 0 Å². The minimum Gasteiger partial charge on any atom is -0.444 e. The maximum absolute atomic E-state index is 12.7. The van der Waals surface area contributed by atoms with Gasteiger partial charge < -0.3 is 19.6 Å². The molecule has 2 atom stereocenters. The van der Waals surface area contributed by atoms with Gasteiger partial charge in [-0.25, -0.2) is 4.79 Å². The van der Waals surface area contributed by atoms with Gasteiger partial charge in [-0.15, -0.1) is 0 Å². The molecule has 1 saturated carbocycles. The Morgan fingerprint density at radius 1 is 0.919 bits per heavy atom. The van der Waals surface area contributed by atoms with E-state index in [9.17, 15) is 9.90 Å². The van der Waals surface area contributed by atoms with Crippen molar-refractivity contribution in [3.05, 3.63) is 60.7 Å². The summed E-state index contributed by atoms with van der Waals surface area (Å²) in [6.45, 7) is 12.4. The molecule has 2 aromatic rings. The van der Waals surface area contributed by atoms with E-state index >= 15 is 0 Å². The fourth-order valence-electron chi connectivity index (χ4n) is 5.64. The monoisotopic (exact) mass is 525 g/mol. The summed E-state index contributed by atoms with van der Waals surface area (Å²) in [4.78, 5) is 12.7. The summed E-state index contributed by atoms with van der Waals surface area (Å²) in [6, 6.07) is 20.4. The third-order valence-electron chi connectivity index (χ3n) is 7.37. The highest BCUT2D eigenvalue weighted by atomic mass is 28.4. The van der Waals surface area contributed by atoms with Crippen LogP contribution in [0.3, 0.4) is 0 Å². The second-order valence-corrected chi connectivity index (χ2v) is 16.8. The Balaban J connectivity index is 1.89. The zero-order valence-corrected chi connectivity index (χ0v) is 24.6. The first-order valence-corrected chi connectivity index (χ1v) is 15.8. The molecule has 2 aromatic carbocycles. The van der Waals surface area contributed by atoms with Crippen molar-refractivity contribution in [1.29, 1.82) is 0 Å². The fourth-order valence-corrected chi connectivity index (χ4v) is 10.2. The molecule has 0 unspecified atom stereocenters. The van der Waals surface area contributed by atoms with Gasteiger partial charge in [0, 0.05) is 0 Å². The number of aliphatic hydroxyl groups excluding tert-OH is 1. The highest BCUT2D eigenvalue weighted by Crippen LogP contribution is 2.37. The summed E-state index contributed by atoms with van der Waals surface area (Å²) in [6.07, 6.45) is 5.33. The Morgan fingerprint density at radius 3 is 1.89 bits per heavy atom. The van der Waals surface area contributed by atoms with E-state index in [0.29, 0.717) is 5.92 Å². The van der Waals surface area contributed by atoms with Crippen LogP contribution in [-0.2, 0) is 9.16 Å². The van der Waals surface area contributed by atoms with Crippen LogP contribution in [-0.4, -0.2) is 43.9 Å². The van der Waals surface area contributed by atoms with Crippen molar-refractivity contribution < 1.29 is 19.1 Å². The topological polar surface area (TPSA) is 67.8 Å². The van der Waals surface area contributed by atoms with Crippen molar-refractivity contribution in [2.75, 3.05) is 6.61 Å². The molecular formula is C31H47NO4Si. The molecule has 1 aliphatic rings. The van der Waals surface area contributed by atoms with Crippen molar-refractivity contribution in [1.82, 2.24) is 5.32 Å². The average molecular weight is 526 g/mol. The molecule has 204 valence electrons. The van der Waals surface area contributed by atoms with E-state index in [2.05, 4.69) is 74.6 Å². The molecule has 3 rings (SSSR count). The number of hydrogen-bond acceptors (Lipinski definition) is 4. The van der Waals surface area contributed by atoms with E-state index in [1.54, 1.807) is 0 Å². The number of benzene rings is 2. The molecule has 37 heavy (non-hydrogen) atoms. The molecule has 1 amide bonds. The van der Waals surface area contributed by atoms with E-state index in [1.165, 1.54) is 29.6 Å². The highest BCUT2D eigenvalue weighted by molar-refractivity contribution is 6.99. The van der Waals surface area contributed by atoms with Crippen LogP contribution in [0.5, 0.6) is 0 Å². The number of carbonyl (C=O) groups is 1. The molecule has 6 heteroatoms. The smallest absolute Gasteiger partial charge is 0.407 e. The van der Waals surface area contributed by atoms with E-state index in [0.717, 1.165) is 19.3 Å². The summed E-state index contributed by atoms with van der Waals surface area (Å²) >= 11 is 0. The van der Waals surface area contributed by atoms with E-state index in [1.807, 2.05) is 32.9 Å². The van der Waals surface area contributed by atoms with E-state index < -0.39 is 32.2 Å². The summed E-state index contributed by atoms with van der Waals surface area (Å²) in [5.74, 6) is 0.483. The van der Waals surface area contributed by atoms with E-state index in [4.69, 9.17) is 9.16 Å². The van der Waals surface area contributed by atoms with Crippen LogP contribution in [0.25, 0.3) is 0 Å². The quantitative estimate of drug-likeness (QED) is 0.407. The minimum absolute atomic E-state index is 0.139. The van der Waals surface area contributed by atoms with Gasteiger partial charge in [-0.3, -0.25) is 0 Å². The lowest BCUT2D eigenvalue weighted by Crippen LogP contribution is -2.67. The predicted octanol–water partition coefficient (Wildman–Crippen LogP) is 5.79. The largest absolute Gasteiger partial charge is 0.444 e. The number of nitrogens with one attached hydrogen (secondary N) is 1. The molecule has 0 aromatic heterocycles. The summed E-state index contributed by atoms with van der Waals surface area (Å²) in [5.41, 5.74) is -0.601. The van der Waals surface area contributed by atoms with Crippen molar-refractivity contribution in [2.45, 2.75) is 103 Å². The van der Waals surface area contributed by atoms with Crippen LogP contribution < -0.4 is 15.7 Å². The Kier molecular flexibility index (Phi) is 10.0. The second kappa shape index (κ2) is 12.6. The van der Waals surface area contributed by atoms with Crippen LogP contribution >= 0.6 is 0 Å². The fraction of sp³-hybridized carbons (Fsp3) is 0.581. The normalized spacial score (nSPS) is 17.2. The number of ether oxygens (including phenoxy) is 1. The van der Waals surface area contributed by atoms with Gasteiger partial charge in [0.05, 0.1) is 18.8 Å². The molecule has 1 fully saturated rings. The molecule has 0 spiro atoms. The first-order valence-electron chi connectivity index (χ1n) is 13.8. The first-order chi connectivity index (χ1) is 17.4. The third kappa shape index (κ3) is 7.92. The maximum Gasteiger partial charge on any atom is 0.407 e. The van der Waals surface area contributed by atoms with Crippen LogP contribution in [0.2, 0.25) is 5.04 Å². The Labute approximate surface area is 225 Å². The van der Waals surface area contributed by atoms with Crippen LogP contribution in [0, 0.1) is 5.92 Å². The molecular weight excluding hydrogens is 478 g/mol. The van der Waals surface area contributed by atoms with Gasteiger partial charge in [-0.05, 0) is 48.5 Å². The average Bonchev–Trinajstić information content (AvgIpc) is 2.84. The summed E-state index contributed by atoms with van der Waals surface area (Å²) in [5, 5.41) is 16.7. The number of alkyl carbamates (subject to hydrolysis) is 1. The minimum atomic E-state index is -2.79. The van der Waals surface area contributed by atoms with Gasteiger partial charge in [-0.1, -0.05) is 114 Å². The Morgan fingerprint density at radius 2 is 1.43 bits per heavy atom. The molecule has 5 nitrogen and oxygen atoms in total. The predicted molar refractivity (Wildman–Crippen MR) is 154 cm³/mol. The highest BCUT2D eigenvalue weighted by Gasteiger charge is 2.50. The standard InChI is InChI=1S/C31H47NO4Si/c1-30(2,3)36-29(34)32-27(22-24-16-10-7-11-17-24)28(33)23-35-37(31(4,5)6,25-18-12-8-13-19-25)26-20-14-9-15-21-26/h8-9,12-15,18-21,24,27-28,33H,7,10-11,16-17,22-23H2,1-6H3,(H,32,34)/t27-,28+/m1/s1. The second-order valence-electron chi connectivity index (χ2n) is 12.5. The summed E-state index contributed by atoms with van der Waals surface area (Å²) in [7, 11) is -2.79. The summed E-state index contributed by atoms with van der Waals surface area (Å²) < 4.78 is 12.5. The maximum atomic E-state index is 12.7. The molecule has 0 radical (unpaired) electrons. The van der Waals surface area contributed by atoms with Crippen molar-refractivity contribution in [3.8, 4) is 0 Å². The van der Waals surface area contributed by atoms with Crippen LogP contribution in [0.1, 0.15) is 80.1 Å². The number of hydrogen-bond donors (Lipinski definition) is 2. The number of rotatable bonds is 9. The van der Waals surface area contributed by atoms with Gasteiger partial charge in [0.25, 0.3) is 8.32 Å². The molecule has 1 aliphatic carbocycles. The lowest BCUT2D eigenvalue weighted by Gasteiger charge is -2.44. The van der Waals surface area contributed by atoms with Crippen LogP contribution in [0.15, 0.2) is 60.7 Å². The molecule has 0 bridgehead atoms. The Bertz CT molecular complexity index is 923.